The summed E-state index contributed by atoms with van der Waals surface area (Å²) in [5.41, 5.74) is 2.81. The summed E-state index contributed by atoms with van der Waals surface area (Å²) in [4.78, 5) is 0. The quantitative estimate of drug-likeness (QED) is 0.464. The van der Waals surface area contributed by atoms with Gasteiger partial charge in [0.2, 0.25) is 0 Å². The van der Waals surface area contributed by atoms with E-state index >= 15 is 0 Å². The van der Waals surface area contributed by atoms with Gasteiger partial charge in [-0.3, -0.25) is 0 Å². The molecule has 3 rings (SSSR count). The second kappa shape index (κ2) is 6.92. The molecular formula is C19H15ClN2. The number of hydrogen-bond donors (Lipinski definition) is 0. The van der Waals surface area contributed by atoms with Gasteiger partial charge in [-0.1, -0.05) is 78.3 Å². The zero-order valence-electron chi connectivity index (χ0n) is 11.9. The Labute approximate surface area is 135 Å². The average Bonchev–Trinajstić information content (AvgIpc) is 2.62. The van der Waals surface area contributed by atoms with E-state index in [1.165, 1.54) is 0 Å². The molecule has 0 saturated heterocycles. The van der Waals surface area contributed by atoms with Crippen LogP contribution < -0.4 is 5.01 Å². The highest BCUT2D eigenvalue weighted by atomic mass is 35.5. The lowest BCUT2D eigenvalue weighted by Crippen LogP contribution is -2.11. The van der Waals surface area contributed by atoms with Gasteiger partial charge < -0.3 is 0 Å². The van der Waals surface area contributed by atoms with Gasteiger partial charge >= 0.3 is 0 Å². The number of para-hydroxylation sites is 2. The van der Waals surface area contributed by atoms with E-state index in [-0.39, 0.29) is 0 Å². The van der Waals surface area contributed by atoms with Crippen molar-refractivity contribution < 1.29 is 0 Å². The minimum absolute atomic E-state index is 0.452. The molecule has 108 valence electrons. The van der Waals surface area contributed by atoms with Crippen LogP contribution in [0.25, 0.3) is 0 Å². The summed E-state index contributed by atoms with van der Waals surface area (Å²) in [5, 5.41) is 6.90. The maximum absolute atomic E-state index is 6.41. The Balaban J connectivity index is 2.03. The third-order valence-electron chi connectivity index (χ3n) is 3.20. The lowest BCUT2D eigenvalue weighted by Gasteiger charge is -2.19. The molecule has 0 N–H and O–H groups in total. The van der Waals surface area contributed by atoms with E-state index in [2.05, 4.69) is 5.10 Å². The molecule has 3 heteroatoms. The normalized spacial score (nSPS) is 11.2. The number of halogens is 1. The smallest absolute Gasteiger partial charge is 0.157 e. The van der Waals surface area contributed by atoms with Crippen LogP contribution in [0.15, 0.2) is 96.1 Å². The first-order valence-corrected chi connectivity index (χ1v) is 7.42. The molecule has 0 fully saturated rings. The van der Waals surface area contributed by atoms with E-state index in [1.54, 1.807) is 0 Å². The number of rotatable bonds is 4. The summed E-state index contributed by atoms with van der Waals surface area (Å²) in [6.07, 6.45) is 0. The molecule has 3 aromatic rings. The van der Waals surface area contributed by atoms with Crippen molar-refractivity contribution in [1.82, 2.24) is 0 Å². The second-order valence-electron chi connectivity index (χ2n) is 4.74. The van der Waals surface area contributed by atoms with Crippen LogP contribution in [0.5, 0.6) is 0 Å². The molecule has 0 saturated carbocycles. The summed E-state index contributed by atoms with van der Waals surface area (Å²) in [7, 11) is 0. The van der Waals surface area contributed by atoms with Crippen LogP contribution in [-0.2, 0) is 0 Å². The maximum Gasteiger partial charge on any atom is 0.157 e. The molecule has 0 aliphatic rings. The van der Waals surface area contributed by atoms with Crippen molar-refractivity contribution >= 4 is 28.1 Å². The molecule has 0 aromatic heterocycles. The van der Waals surface area contributed by atoms with Crippen LogP contribution in [0.3, 0.4) is 0 Å². The van der Waals surface area contributed by atoms with Gasteiger partial charge in [0, 0.05) is 5.56 Å². The van der Waals surface area contributed by atoms with E-state index in [9.17, 15) is 0 Å². The molecule has 0 spiro atoms. The van der Waals surface area contributed by atoms with Gasteiger partial charge in [0.15, 0.2) is 5.17 Å². The molecule has 2 nitrogen and oxygen atoms in total. The third-order valence-corrected chi connectivity index (χ3v) is 3.50. The molecule has 3 aromatic carbocycles. The Kier molecular flexibility index (Phi) is 4.52. The largest absolute Gasteiger partial charge is 0.232 e. The van der Waals surface area contributed by atoms with Crippen LogP contribution in [-0.4, -0.2) is 5.17 Å². The highest BCUT2D eigenvalue weighted by Crippen LogP contribution is 2.26. The van der Waals surface area contributed by atoms with Crippen molar-refractivity contribution in [3.8, 4) is 0 Å². The van der Waals surface area contributed by atoms with Gasteiger partial charge in [-0.05, 0) is 24.3 Å². The summed E-state index contributed by atoms with van der Waals surface area (Å²) in [5.74, 6) is 0. The Morgan fingerprint density at radius 2 is 1.05 bits per heavy atom. The monoisotopic (exact) mass is 306 g/mol. The average molecular weight is 307 g/mol. The van der Waals surface area contributed by atoms with Crippen molar-refractivity contribution in [1.29, 1.82) is 0 Å². The van der Waals surface area contributed by atoms with Gasteiger partial charge in [0.25, 0.3) is 0 Å². The number of nitrogens with zero attached hydrogens (tertiary/aromatic N) is 2. The Hall–Kier alpha value is -2.58. The van der Waals surface area contributed by atoms with E-state index < -0.39 is 0 Å². The van der Waals surface area contributed by atoms with Crippen LogP contribution in [0, 0.1) is 0 Å². The summed E-state index contributed by atoms with van der Waals surface area (Å²) < 4.78 is 0. The zero-order chi connectivity index (χ0) is 15.2. The highest BCUT2D eigenvalue weighted by molar-refractivity contribution is 6.69. The second-order valence-corrected chi connectivity index (χ2v) is 5.10. The number of benzene rings is 3. The van der Waals surface area contributed by atoms with Crippen molar-refractivity contribution in [3.05, 3.63) is 96.6 Å². The minimum atomic E-state index is 0.452. The lowest BCUT2D eigenvalue weighted by molar-refractivity contribution is 1.09. The van der Waals surface area contributed by atoms with Gasteiger partial charge in [-0.2, -0.15) is 5.10 Å². The Morgan fingerprint density at radius 3 is 1.50 bits per heavy atom. The lowest BCUT2D eigenvalue weighted by atomic mass is 10.2. The van der Waals surface area contributed by atoms with Crippen molar-refractivity contribution in [2.75, 3.05) is 5.01 Å². The predicted octanol–water partition coefficient (Wildman–Crippen LogP) is 5.43. The Bertz CT molecular complexity index is 701. The van der Waals surface area contributed by atoms with E-state index in [1.807, 2.05) is 96.0 Å². The molecule has 22 heavy (non-hydrogen) atoms. The van der Waals surface area contributed by atoms with E-state index in [0.29, 0.717) is 5.17 Å². The third kappa shape index (κ3) is 3.35. The molecule has 0 amide bonds. The molecule has 0 aliphatic heterocycles. The first-order chi connectivity index (χ1) is 10.8. The van der Waals surface area contributed by atoms with Crippen LogP contribution in [0.2, 0.25) is 0 Å². The van der Waals surface area contributed by atoms with Crippen molar-refractivity contribution in [2.45, 2.75) is 0 Å². The van der Waals surface area contributed by atoms with Crippen LogP contribution in [0.1, 0.15) is 5.56 Å². The number of hydrogen-bond acceptors (Lipinski definition) is 2. The minimum Gasteiger partial charge on any atom is -0.232 e. The van der Waals surface area contributed by atoms with Gasteiger partial charge in [0.1, 0.15) is 0 Å². The molecule has 0 radical (unpaired) electrons. The van der Waals surface area contributed by atoms with Gasteiger partial charge in [0.05, 0.1) is 11.4 Å². The first kappa shape index (κ1) is 14.4. The standard InChI is InChI=1S/C19H15ClN2/c20-19(16-10-4-1-5-11-16)21-22(17-12-6-2-7-13-17)18-14-8-3-9-15-18/h1-15H. The highest BCUT2D eigenvalue weighted by Gasteiger charge is 2.09. The molecule has 0 bridgehead atoms. The summed E-state index contributed by atoms with van der Waals surface area (Å²) in [6, 6.07) is 29.7. The first-order valence-electron chi connectivity index (χ1n) is 7.04. The van der Waals surface area contributed by atoms with Gasteiger partial charge in [-0.25, -0.2) is 5.01 Å². The van der Waals surface area contributed by atoms with Crippen LogP contribution in [0.4, 0.5) is 11.4 Å². The predicted molar refractivity (Wildman–Crippen MR) is 93.9 cm³/mol. The van der Waals surface area contributed by atoms with Crippen molar-refractivity contribution in [2.24, 2.45) is 5.10 Å². The fraction of sp³-hybridized carbons (Fsp3) is 0. The molecule has 0 aliphatic carbocycles. The van der Waals surface area contributed by atoms with Crippen molar-refractivity contribution in [3.63, 3.8) is 0 Å². The molecule has 0 heterocycles. The maximum atomic E-state index is 6.41. The van der Waals surface area contributed by atoms with E-state index in [4.69, 9.17) is 11.6 Å². The number of anilines is 2. The summed E-state index contributed by atoms with van der Waals surface area (Å²) in [6.45, 7) is 0. The Morgan fingerprint density at radius 1 is 0.636 bits per heavy atom. The van der Waals surface area contributed by atoms with Crippen LogP contribution >= 0.6 is 11.6 Å². The SMILES string of the molecule is ClC(=NN(c1ccccc1)c1ccccc1)c1ccccc1. The molecule has 0 unspecified atom stereocenters. The zero-order valence-corrected chi connectivity index (χ0v) is 12.7. The van der Waals surface area contributed by atoms with Gasteiger partial charge in [-0.15, -0.1) is 0 Å². The number of hydrazone groups is 1. The molecule has 0 atom stereocenters. The fourth-order valence-electron chi connectivity index (χ4n) is 2.12. The van der Waals surface area contributed by atoms with E-state index in [0.717, 1.165) is 16.9 Å². The fourth-order valence-corrected chi connectivity index (χ4v) is 2.33. The topological polar surface area (TPSA) is 15.6 Å². The molecular weight excluding hydrogens is 292 g/mol. The summed E-state index contributed by atoms with van der Waals surface area (Å²) >= 11 is 6.41.